The molecule has 1 aliphatic heterocycles. The molecular formula is C10H18N3O15P3. The summed E-state index contributed by atoms with van der Waals surface area (Å²) in [4.78, 5) is 50.9. The Morgan fingerprint density at radius 3 is 2.35 bits per heavy atom. The maximum absolute atomic E-state index is 12.0. The van der Waals surface area contributed by atoms with Crippen LogP contribution in [-0.2, 0) is 36.3 Å². The average Bonchev–Trinajstić information content (AvgIpc) is 2.82. The molecule has 2 rings (SSSR count). The van der Waals surface area contributed by atoms with Crippen LogP contribution in [0.25, 0.3) is 0 Å². The molecule has 178 valence electrons. The molecule has 1 fully saturated rings. The zero-order valence-electron chi connectivity index (χ0n) is 15.3. The van der Waals surface area contributed by atoms with E-state index in [4.69, 9.17) is 29.9 Å². The van der Waals surface area contributed by atoms with Gasteiger partial charge in [0, 0.05) is 13.3 Å². The number of ether oxygens (including phenoxy) is 2. The first kappa shape index (κ1) is 26.2. The van der Waals surface area contributed by atoms with E-state index >= 15 is 0 Å². The van der Waals surface area contributed by atoms with E-state index in [1.165, 1.54) is 0 Å². The fourth-order valence-corrected chi connectivity index (χ4v) is 5.47. The third-order valence-corrected chi connectivity index (χ3v) is 7.49. The largest absolute Gasteiger partial charge is 0.490 e. The number of methoxy groups -OCH3 is 1. The predicted octanol–water partition coefficient (Wildman–Crippen LogP) is -2.24. The molecule has 21 heteroatoms. The first-order chi connectivity index (χ1) is 14.0. The number of hydrogen-bond acceptors (Lipinski definition) is 13. The van der Waals surface area contributed by atoms with Gasteiger partial charge in [0.2, 0.25) is 5.79 Å². The van der Waals surface area contributed by atoms with Crippen molar-refractivity contribution >= 4 is 29.3 Å². The minimum atomic E-state index is -5.76. The second-order valence-corrected chi connectivity index (χ2v) is 10.3. The summed E-state index contributed by atoms with van der Waals surface area (Å²) in [6.45, 7) is -1.11. The number of aromatic nitrogens is 2. The molecule has 18 nitrogen and oxygen atoms in total. The highest BCUT2D eigenvalue weighted by atomic mass is 31.3. The van der Waals surface area contributed by atoms with Gasteiger partial charge in [-0.25, -0.2) is 18.5 Å². The number of rotatable bonds is 9. The molecule has 1 aliphatic rings. The van der Waals surface area contributed by atoms with E-state index in [1.807, 2.05) is 0 Å². The van der Waals surface area contributed by atoms with Gasteiger partial charge < -0.3 is 45.0 Å². The molecule has 1 aromatic heterocycles. The Hall–Kier alpha value is -1.07. The Morgan fingerprint density at radius 2 is 1.84 bits per heavy atom. The van der Waals surface area contributed by atoms with Gasteiger partial charge in [0.05, 0.1) is 6.61 Å². The topological polar surface area (TPSA) is 280 Å². The van der Waals surface area contributed by atoms with Crippen LogP contribution in [0.5, 0.6) is 0 Å². The van der Waals surface area contributed by atoms with E-state index in [0.29, 0.717) is 4.57 Å². The van der Waals surface area contributed by atoms with Crippen molar-refractivity contribution in [3.05, 3.63) is 22.7 Å². The number of phosphoric acid groups is 3. The number of nitrogens with zero attached hydrogens (tertiary/aromatic N) is 2. The van der Waals surface area contributed by atoms with Gasteiger partial charge in [-0.1, -0.05) is 0 Å². The molecule has 1 saturated heterocycles. The van der Waals surface area contributed by atoms with Gasteiger partial charge in [0.25, 0.3) is 0 Å². The van der Waals surface area contributed by atoms with Crippen molar-refractivity contribution in [1.29, 1.82) is 0 Å². The summed E-state index contributed by atoms with van der Waals surface area (Å²) in [7, 11) is -15.9. The summed E-state index contributed by atoms with van der Waals surface area (Å²) >= 11 is 0. The van der Waals surface area contributed by atoms with Gasteiger partial charge in [-0.2, -0.15) is 13.6 Å². The SMILES string of the molecule is CO[C@@]1(O)[C@H](O)[C@@H](COP(=O)(O)OP(=O)(O)OP(=O)(O)O)O[C@H]1n1ccc(N)nc1=O. The summed E-state index contributed by atoms with van der Waals surface area (Å²) in [6.07, 6.45) is -4.40. The molecule has 1 aromatic rings. The molecule has 0 radical (unpaired) electrons. The Bertz CT molecular complexity index is 1010. The van der Waals surface area contributed by atoms with Crippen LogP contribution in [0, 0.1) is 0 Å². The molecule has 6 atom stereocenters. The lowest BCUT2D eigenvalue weighted by atomic mass is 10.1. The maximum Gasteiger partial charge on any atom is 0.490 e. The van der Waals surface area contributed by atoms with Gasteiger partial charge in [0.1, 0.15) is 18.0 Å². The van der Waals surface area contributed by atoms with Gasteiger partial charge in [-0.3, -0.25) is 9.09 Å². The molecule has 0 amide bonds. The number of aliphatic hydroxyl groups is 2. The van der Waals surface area contributed by atoms with Crippen LogP contribution in [0.3, 0.4) is 0 Å². The minimum absolute atomic E-state index is 0.162. The van der Waals surface area contributed by atoms with Crippen LogP contribution in [0.1, 0.15) is 6.23 Å². The van der Waals surface area contributed by atoms with Crippen LogP contribution < -0.4 is 11.4 Å². The predicted molar refractivity (Wildman–Crippen MR) is 94.6 cm³/mol. The first-order valence-electron chi connectivity index (χ1n) is 7.74. The number of hydrogen-bond donors (Lipinski definition) is 7. The molecule has 8 N–H and O–H groups in total. The van der Waals surface area contributed by atoms with Gasteiger partial charge in [0.15, 0.2) is 6.23 Å². The number of nitrogen functional groups attached to an aromatic ring is 1. The Labute approximate surface area is 172 Å². The van der Waals surface area contributed by atoms with Gasteiger partial charge in [-0.15, -0.1) is 0 Å². The smallest absolute Gasteiger partial charge is 0.384 e. The van der Waals surface area contributed by atoms with Crippen molar-refractivity contribution in [3.63, 3.8) is 0 Å². The van der Waals surface area contributed by atoms with Crippen molar-refractivity contribution in [2.75, 3.05) is 19.5 Å². The van der Waals surface area contributed by atoms with E-state index in [-0.39, 0.29) is 5.82 Å². The zero-order valence-corrected chi connectivity index (χ0v) is 17.9. The number of phosphoric ester groups is 1. The molecule has 0 aromatic carbocycles. The average molecular weight is 513 g/mol. The van der Waals surface area contributed by atoms with Crippen LogP contribution in [0.15, 0.2) is 17.1 Å². The van der Waals surface area contributed by atoms with Crippen LogP contribution in [0.2, 0.25) is 0 Å². The van der Waals surface area contributed by atoms with E-state index < -0.39 is 60.0 Å². The number of nitrogens with two attached hydrogens (primary N) is 1. The van der Waals surface area contributed by atoms with Crippen LogP contribution in [0.4, 0.5) is 5.82 Å². The Kier molecular flexibility index (Phi) is 7.65. The van der Waals surface area contributed by atoms with E-state index in [0.717, 1.165) is 19.4 Å². The number of anilines is 1. The first-order valence-corrected chi connectivity index (χ1v) is 12.3. The van der Waals surface area contributed by atoms with Crippen molar-refractivity contribution in [1.82, 2.24) is 9.55 Å². The van der Waals surface area contributed by atoms with E-state index in [9.17, 15) is 33.6 Å². The summed E-state index contributed by atoms with van der Waals surface area (Å²) in [6, 6.07) is 1.16. The second-order valence-electron chi connectivity index (χ2n) is 5.86. The van der Waals surface area contributed by atoms with E-state index in [2.05, 4.69) is 18.1 Å². The molecule has 31 heavy (non-hydrogen) atoms. The van der Waals surface area contributed by atoms with Gasteiger partial charge in [-0.05, 0) is 6.07 Å². The lowest BCUT2D eigenvalue weighted by Gasteiger charge is -2.29. The molecule has 0 saturated carbocycles. The normalized spacial score (nSPS) is 30.6. The Morgan fingerprint density at radius 1 is 1.23 bits per heavy atom. The second kappa shape index (κ2) is 9.05. The fraction of sp³-hybridized carbons (Fsp3) is 0.600. The molecule has 0 bridgehead atoms. The molecular weight excluding hydrogens is 495 g/mol. The monoisotopic (exact) mass is 513 g/mol. The third kappa shape index (κ3) is 6.47. The summed E-state index contributed by atoms with van der Waals surface area (Å²) in [5.74, 6) is -2.75. The summed E-state index contributed by atoms with van der Waals surface area (Å²) in [5, 5.41) is 20.8. The zero-order chi connectivity index (χ0) is 23.8. The third-order valence-electron chi connectivity index (χ3n) is 3.68. The highest BCUT2D eigenvalue weighted by Gasteiger charge is 2.58. The lowest BCUT2D eigenvalue weighted by Crippen LogP contribution is -2.50. The van der Waals surface area contributed by atoms with Crippen molar-refractivity contribution in [2.24, 2.45) is 0 Å². The van der Waals surface area contributed by atoms with Crippen molar-refractivity contribution in [2.45, 2.75) is 24.2 Å². The quantitative estimate of drug-likeness (QED) is 0.136. The van der Waals surface area contributed by atoms with E-state index in [1.54, 1.807) is 0 Å². The Balaban J connectivity index is 2.17. The standard InChI is InChI=1S/C10H18N3O15P3/c1-24-10(16)7(14)5(26-8(10)13-3-2-6(11)12-9(13)15)4-25-30(20,21)28-31(22,23)27-29(17,18)19/h2-3,5,7-8,14,16H,4H2,1H3,(H,20,21)(H,22,23)(H2,11,12,15)(H2,17,18,19)/t5-,7-,8-,10+/m1/s1. The maximum atomic E-state index is 12.0. The number of aliphatic hydroxyl groups excluding tert-OH is 1. The van der Waals surface area contributed by atoms with Crippen molar-refractivity contribution < 1.29 is 66.1 Å². The highest BCUT2D eigenvalue weighted by molar-refractivity contribution is 7.66. The highest BCUT2D eigenvalue weighted by Crippen LogP contribution is 2.66. The van der Waals surface area contributed by atoms with Crippen molar-refractivity contribution in [3.8, 4) is 0 Å². The fourth-order valence-electron chi connectivity index (χ4n) is 2.44. The van der Waals surface area contributed by atoms with Crippen LogP contribution in [-0.4, -0.2) is 71.0 Å². The molecule has 0 spiro atoms. The molecule has 2 heterocycles. The summed E-state index contributed by atoms with van der Waals surface area (Å²) < 4.78 is 55.9. The van der Waals surface area contributed by atoms with Crippen LogP contribution >= 0.6 is 23.5 Å². The molecule has 2 unspecified atom stereocenters. The molecule has 0 aliphatic carbocycles. The van der Waals surface area contributed by atoms with Gasteiger partial charge >= 0.3 is 29.2 Å². The summed E-state index contributed by atoms with van der Waals surface area (Å²) in [5.41, 5.74) is 4.35. The lowest BCUT2D eigenvalue weighted by molar-refractivity contribution is -0.265. The minimum Gasteiger partial charge on any atom is -0.384 e.